The van der Waals surface area contributed by atoms with Gasteiger partial charge in [-0.05, 0) is 30.2 Å². The lowest BCUT2D eigenvalue weighted by atomic mass is 10.0. The maximum atomic E-state index is 16.2. The van der Waals surface area contributed by atoms with Gasteiger partial charge < -0.3 is 34.2 Å². The van der Waals surface area contributed by atoms with Crippen LogP contribution in [0.1, 0.15) is 41.3 Å². The van der Waals surface area contributed by atoms with Crippen molar-refractivity contribution >= 4 is 22.1 Å². The van der Waals surface area contributed by atoms with Crippen molar-refractivity contribution in [3.63, 3.8) is 0 Å². The number of nitrogens with one attached hydrogen (secondary N) is 3. The van der Waals surface area contributed by atoms with Gasteiger partial charge >= 0.3 is 0 Å². The van der Waals surface area contributed by atoms with E-state index in [1.807, 2.05) is 40.8 Å². The summed E-state index contributed by atoms with van der Waals surface area (Å²) in [4.78, 5) is 17.6. The van der Waals surface area contributed by atoms with Crippen molar-refractivity contribution < 1.29 is 36.5 Å². The largest absolute Gasteiger partial charge is 0.494 e. The molecule has 64 heavy (non-hydrogen) atoms. The summed E-state index contributed by atoms with van der Waals surface area (Å²) in [5, 5.41) is 13.9. The monoisotopic (exact) mass is 876 g/mol. The third-order valence-electron chi connectivity index (χ3n) is 12.4. The molecule has 2 aromatic carbocycles. The first kappa shape index (κ1) is 41.1. The number of rotatable bonds is 15. The van der Waals surface area contributed by atoms with Crippen LogP contribution in [0.3, 0.4) is 0 Å². The third-order valence-corrected chi connectivity index (χ3v) is 12.4. The summed E-state index contributed by atoms with van der Waals surface area (Å²) in [7, 11) is 3.97. The average Bonchev–Trinajstić information content (AvgIpc) is 4.10. The van der Waals surface area contributed by atoms with E-state index >= 15 is 17.6 Å². The number of nitrogens with zero attached hydrogens (tertiary/aromatic N) is 7. The predicted octanol–water partition coefficient (Wildman–Crippen LogP) is 7.40. The van der Waals surface area contributed by atoms with Crippen LogP contribution >= 0.6 is 0 Å². The lowest BCUT2D eigenvalue weighted by Gasteiger charge is -2.42. The van der Waals surface area contributed by atoms with E-state index in [0.29, 0.717) is 46.9 Å². The summed E-state index contributed by atoms with van der Waals surface area (Å²) in [6.07, 6.45) is 14.3. The Bertz CT molecular complexity index is 3000. The fraction of sp³-hybridized carbons (Fsp3) is 0.304. The van der Waals surface area contributed by atoms with Crippen LogP contribution in [0.2, 0.25) is 0 Å². The van der Waals surface area contributed by atoms with Crippen molar-refractivity contribution in [2.45, 2.75) is 37.9 Å². The second-order valence-electron chi connectivity index (χ2n) is 16.3. The summed E-state index contributed by atoms with van der Waals surface area (Å²) < 4.78 is 87.9. The molecule has 0 aliphatic carbocycles. The number of aromatic amines is 2. The predicted molar refractivity (Wildman–Crippen MR) is 230 cm³/mol. The van der Waals surface area contributed by atoms with Gasteiger partial charge in [0.25, 0.3) is 0 Å². The topological polar surface area (TPSA) is 145 Å². The molecule has 1 atom stereocenters. The minimum absolute atomic E-state index is 0.0603. The summed E-state index contributed by atoms with van der Waals surface area (Å²) in [6, 6.07) is 6.60. The van der Waals surface area contributed by atoms with Gasteiger partial charge in [0.05, 0.1) is 45.8 Å². The molecule has 18 heteroatoms. The molecule has 8 heterocycles. The summed E-state index contributed by atoms with van der Waals surface area (Å²) in [5.74, 6) is -3.59. The van der Waals surface area contributed by atoms with E-state index in [-0.39, 0.29) is 65.7 Å². The third kappa shape index (κ3) is 7.35. The molecule has 0 radical (unpaired) electrons. The molecule has 330 valence electrons. The molecule has 2 saturated heterocycles. The van der Waals surface area contributed by atoms with Crippen molar-refractivity contribution in [2.75, 3.05) is 54.1 Å². The van der Waals surface area contributed by atoms with Crippen molar-refractivity contribution in [3.05, 3.63) is 119 Å². The molecular formula is C46H44F4N10O4. The molecular weight excluding hydrogens is 833 g/mol. The van der Waals surface area contributed by atoms with E-state index in [0.717, 1.165) is 40.7 Å². The first-order valence-electron chi connectivity index (χ1n) is 20.8. The number of ether oxygens (including phenoxy) is 4. The lowest BCUT2D eigenvalue weighted by Crippen LogP contribution is -2.53. The highest BCUT2D eigenvalue weighted by molar-refractivity contribution is 5.86. The number of hydrogen-bond donors (Lipinski definition) is 3. The zero-order valence-corrected chi connectivity index (χ0v) is 35.4. The van der Waals surface area contributed by atoms with Crippen LogP contribution in [0, 0.1) is 23.3 Å². The molecule has 3 N–H and O–H groups in total. The van der Waals surface area contributed by atoms with Crippen LogP contribution in [0.15, 0.2) is 73.8 Å². The minimum Gasteiger partial charge on any atom is -0.494 e. The molecule has 2 aliphatic heterocycles. The molecule has 2 fully saturated rings. The number of fused-ring (bicyclic) bond motifs is 2. The Kier molecular flexibility index (Phi) is 10.7. The maximum absolute atomic E-state index is 16.2. The Morgan fingerprint density at radius 1 is 0.625 bits per heavy atom. The first-order chi connectivity index (χ1) is 31.1. The molecule has 0 spiro atoms. The Balaban J connectivity index is 0.796. The Hall–Kier alpha value is -6.92. The van der Waals surface area contributed by atoms with E-state index in [9.17, 15) is 0 Å². The van der Waals surface area contributed by atoms with Gasteiger partial charge in [0.1, 0.15) is 17.9 Å². The van der Waals surface area contributed by atoms with E-state index in [1.54, 1.807) is 37.2 Å². The van der Waals surface area contributed by atoms with Gasteiger partial charge in [-0.1, -0.05) is 0 Å². The molecule has 0 amide bonds. The first-order valence-corrected chi connectivity index (χ1v) is 20.8. The van der Waals surface area contributed by atoms with Crippen LogP contribution in [0.25, 0.3) is 44.3 Å². The van der Waals surface area contributed by atoms with Crippen molar-refractivity contribution in [1.82, 2.24) is 49.7 Å². The quantitative estimate of drug-likeness (QED) is 0.0892. The van der Waals surface area contributed by atoms with Gasteiger partial charge in [-0.15, -0.1) is 0 Å². The van der Waals surface area contributed by atoms with Gasteiger partial charge in [0.15, 0.2) is 46.3 Å². The molecule has 0 saturated carbocycles. The van der Waals surface area contributed by atoms with Crippen molar-refractivity contribution in [2.24, 2.45) is 0 Å². The number of methoxy groups -OCH3 is 3. The van der Waals surface area contributed by atoms with Crippen LogP contribution in [0.5, 0.6) is 23.0 Å². The highest BCUT2D eigenvalue weighted by Crippen LogP contribution is 2.37. The zero-order chi connectivity index (χ0) is 44.2. The minimum atomic E-state index is -0.791. The maximum Gasteiger partial charge on any atom is 0.171 e. The molecule has 8 aromatic rings. The number of H-pyrrole nitrogens is 2. The second kappa shape index (κ2) is 16.7. The fourth-order valence-electron chi connectivity index (χ4n) is 8.41. The highest BCUT2D eigenvalue weighted by atomic mass is 19.1. The molecule has 14 nitrogen and oxygen atoms in total. The van der Waals surface area contributed by atoms with Crippen LogP contribution in [-0.4, -0.2) is 105 Å². The summed E-state index contributed by atoms with van der Waals surface area (Å²) in [6.45, 7) is 5.21. The lowest BCUT2D eigenvalue weighted by molar-refractivity contribution is 0.0375. The van der Waals surface area contributed by atoms with Gasteiger partial charge in [0.2, 0.25) is 0 Å². The number of pyridine rings is 2. The van der Waals surface area contributed by atoms with E-state index in [4.69, 9.17) is 18.9 Å². The molecule has 6 aromatic heterocycles. The van der Waals surface area contributed by atoms with Crippen LogP contribution < -0.4 is 24.3 Å². The Morgan fingerprint density at radius 3 is 1.56 bits per heavy atom. The smallest absolute Gasteiger partial charge is 0.171 e. The van der Waals surface area contributed by atoms with Gasteiger partial charge in [-0.25, -0.2) is 27.5 Å². The van der Waals surface area contributed by atoms with Gasteiger partial charge in [-0.2, -0.15) is 10.2 Å². The molecule has 1 unspecified atom stereocenters. The number of benzene rings is 2. The SMILES string of the molecule is COc1cc(OC)c(F)c(Cc2c[nH]c3ncc(-c4cnn(C5CN(C(C)COc6cc(OC)c(F)c(Cc7c[nH]c8ncc(-c9cnn(C%10CNC%10)c9)cc78)c6F)C5)c4)cc23)c1F. The van der Waals surface area contributed by atoms with Gasteiger partial charge in [0, 0.05) is 139 Å². The summed E-state index contributed by atoms with van der Waals surface area (Å²) in [5.41, 5.74) is 5.52. The van der Waals surface area contributed by atoms with E-state index in [1.165, 1.54) is 33.5 Å². The highest BCUT2D eigenvalue weighted by Gasteiger charge is 2.33. The number of hydrogen-bond acceptors (Lipinski definition) is 10. The molecule has 10 rings (SSSR count). The second-order valence-corrected chi connectivity index (χ2v) is 16.3. The standard InChI is InChI=1S/C46H44F4N10O4/c1-24(23-64-40-10-39(63-4)43(49)36(44(40)50)8-28-14-55-46-34(28)5-25(11-52-46)29-15-56-59(19-29)31-17-51-18-31)58-21-32(22-58)60-20-30(16-57-60)26-6-33-27(13-54-45(33)53-12-26)7-35-41(47)37(61-2)9-38(62-3)42(35)48/h5-6,9-16,19-20,24,31-32,51H,7-8,17-18,21-23H2,1-4H3,(H,52,55)(H,53,54). The Morgan fingerprint density at radius 2 is 1.09 bits per heavy atom. The normalized spacial score (nSPS) is 15.1. The van der Waals surface area contributed by atoms with Crippen molar-refractivity contribution in [3.8, 4) is 45.3 Å². The van der Waals surface area contributed by atoms with Crippen LogP contribution in [-0.2, 0) is 12.8 Å². The summed E-state index contributed by atoms with van der Waals surface area (Å²) >= 11 is 0. The number of likely N-dealkylation sites (tertiary alicyclic amines) is 1. The van der Waals surface area contributed by atoms with Gasteiger partial charge in [-0.3, -0.25) is 14.3 Å². The van der Waals surface area contributed by atoms with Crippen molar-refractivity contribution in [1.29, 1.82) is 0 Å². The fourth-order valence-corrected chi connectivity index (χ4v) is 8.41. The zero-order valence-electron chi connectivity index (χ0n) is 35.4. The van der Waals surface area contributed by atoms with E-state index in [2.05, 4.69) is 40.3 Å². The molecule has 2 aliphatic rings. The number of aromatic nitrogens is 8. The number of halogens is 4. The molecule has 0 bridgehead atoms. The Labute approximate surface area is 364 Å². The van der Waals surface area contributed by atoms with Crippen LogP contribution in [0.4, 0.5) is 17.6 Å². The average molecular weight is 877 g/mol. The van der Waals surface area contributed by atoms with E-state index < -0.39 is 23.3 Å².